The number of aryl methyl sites for hydroxylation is 1. The molecule has 138 valence electrons. The first-order valence-electron chi connectivity index (χ1n) is 8.68. The predicted molar refractivity (Wildman–Crippen MR) is 114 cm³/mol. The van der Waals surface area contributed by atoms with Gasteiger partial charge in [0.1, 0.15) is 5.84 Å². The van der Waals surface area contributed by atoms with Gasteiger partial charge in [-0.1, -0.05) is 60.1 Å². The number of thiophene rings is 1. The molecule has 0 bridgehead atoms. The zero-order chi connectivity index (χ0) is 19.4. The fourth-order valence-electron chi connectivity index (χ4n) is 2.83. The topological polar surface area (TPSA) is 44.2 Å². The van der Waals surface area contributed by atoms with Gasteiger partial charge in [0.15, 0.2) is 5.78 Å². The van der Waals surface area contributed by atoms with Crippen molar-refractivity contribution in [3.05, 3.63) is 81.0 Å². The lowest BCUT2D eigenvalue weighted by atomic mass is 9.99. The molecule has 1 aromatic heterocycles. The van der Waals surface area contributed by atoms with Gasteiger partial charge in [0.05, 0.1) is 9.21 Å². The van der Waals surface area contributed by atoms with E-state index in [0.717, 1.165) is 27.1 Å². The molecular weight excluding hydrogens is 376 g/mol. The van der Waals surface area contributed by atoms with Gasteiger partial charge in [-0.25, -0.2) is 0 Å². The number of ketones is 1. The van der Waals surface area contributed by atoms with Crippen molar-refractivity contribution in [2.24, 2.45) is 0 Å². The maximum atomic E-state index is 12.3. The monoisotopic (exact) mass is 396 g/mol. The molecule has 0 amide bonds. The zero-order valence-electron chi connectivity index (χ0n) is 15.3. The van der Waals surface area contributed by atoms with Gasteiger partial charge in [-0.15, -0.1) is 11.3 Å². The SMILES string of the molecule is CN(C)C(=N)c1ccc(-c2cccc(CCC(=O)c3ccc(Cl)s3)c2)cc1. The summed E-state index contributed by atoms with van der Waals surface area (Å²) < 4.78 is 0.645. The molecule has 0 saturated heterocycles. The van der Waals surface area contributed by atoms with Crippen LogP contribution < -0.4 is 0 Å². The molecule has 3 rings (SSSR count). The van der Waals surface area contributed by atoms with Crippen molar-refractivity contribution in [3.63, 3.8) is 0 Å². The smallest absolute Gasteiger partial charge is 0.173 e. The average Bonchev–Trinajstić information content (AvgIpc) is 3.12. The number of rotatable bonds is 6. The van der Waals surface area contributed by atoms with E-state index < -0.39 is 0 Å². The second-order valence-electron chi connectivity index (χ2n) is 6.55. The Morgan fingerprint density at radius 3 is 2.41 bits per heavy atom. The average molecular weight is 397 g/mol. The highest BCUT2D eigenvalue weighted by molar-refractivity contribution is 7.18. The van der Waals surface area contributed by atoms with Gasteiger partial charge in [0, 0.05) is 26.1 Å². The molecule has 3 nitrogen and oxygen atoms in total. The summed E-state index contributed by atoms with van der Waals surface area (Å²) in [6, 6.07) is 19.8. The summed E-state index contributed by atoms with van der Waals surface area (Å²) in [7, 11) is 3.73. The van der Waals surface area contributed by atoms with Crippen LogP contribution >= 0.6 is 22.9 Å². The normalized spacial score (nSPS) is 10.6. The molecule has 0 radical (unpaired) electrons. The summed E-state index contributed by atoms with van der Waals surface area (Å²) in [5.74, 6) is 0.617. The number of hydrogen-bond donors (Lipinski definition) is 1. The van der Waals surface area contributed by atoms with E-state index in [1.807, 2.05) is 50.5 Å². The van der Waals surface area contributed by atoms with Crippen molar-refractivity contribution in [2.45, 2.75) is 12.8 Å². The maximum absolute atomic E-state index is 12.3. The first-order valence-corrected chi connectivity index (χ1v) is 9.87. The highest BCUT2D eigenvalue weighted by Gasteiger charge is 2.10. The molecule has 0 saturated carbocycles. The van der Waals surface area contributed by atoms with Crippen molar-refractivity contribution in [1.29, 1.82) is 5.41 Å². The minimum Gasteiger partial charge on any atom is -0.363 e. The molecule has 0 fully saturated rings. The third-order valence-electron chi connectivity index (χ3n) is 4.35. The Morgan fingerprint density at radius 2 is 1.78 bits per heavy atom. The predicted octanol–water partition coefficient (Wildman–Crippen LogP) is 5.77. The minimum absolute atomic E-state index is 0.129. The molecule has 0 unspecified atom stereocenters. The molecular formula is C22H21ClN2OS. The number of carbonyl (C=O) groups is 1. The van der Waals surface area contributed by atoms with E-state index in [2.05, 4.69) is 12.1 Å². The van der Waals surface area contributed by atoms with Crippen molar-refractivity contribution < 1.29 is 4.79 Å². The number of benzene rings is 2. The maximum Gasteiger partial charge on any atom is 0.173 e. The van der Waals surface area contributed by atoms with E-state index in [-0.39, 0.29) is 5.78 Å². The van der Waals surface area contributed by atoms with Gasteiger partial charge in [0.2, 0.25) is 0 Å². The molecule has 0 atom stereocenters. The Kier molecular flexibility index (Phi) is 6.09. The first kappa shape index (κ1) is 19.3. The van der Waals surface area contributed by atoms with Crippen molar-refractivity contribution in [1.82, 2.24) is 4.90 Å². The molecule has 0 spiro atoms. The van der Waals surface area contributed by atoms with Crippen LogP contribution in [0.3, 0.4) is 0 Å². The van der Waals surface area contributed by atoms with Crippen LogP contribution in [0.25, 0.3) is 11.1 Å². The lowest BCUT2D eigenvalue weighted by Crippen LogP contribution is -2.21. The summed E-state index contributed by atoms with van der Waals surface area (Å²) >= 11 is 7.24. The summed E-state index contributed by atoms with van der Waals surface area (Å²) in [6.45, 7) is 0. The van der Waals surface area contributed by atoms with E-state index in [1.54, 1.807) is 17.0 Å². The minimum atomic E-state index is 0.129. The van der Waals surface area contributed by atoms with Crippen LogP contribution in [-0.4, -0.2) is 30.6 Å². The van der Waals surface area contributed by atoms with Crippen LogP contribution in [-0.2, 0) is 6.42 Å². The molecule has 0 aliphatic carbocycles. The molecule has 0 aliphatic rings. The van der Waals surface area contributed by atoms with Gasteiger partial charge >= 0.3 is 0 Å². The highest BCUT2D eigenvalue weighted by Crippen LogP contribution is 2.25. The van der Waals surface area contributed by atoms with Gasteiger partial charge in [-0.2, -0.15) is 0 Å². The van der Waals surface area contributed by atoms with Gasteiger partial charge in [-0.05, 0) is 35.2 Å². The number of halogens is 1. The van der Waals surface area contributed by atoms with E-state index in [1.165, 1.54) is 11.3 Å². The quantitative estimate of drug-likeness (QED) is 0.326. The number of nitrogens with one attached hydrogen (secondary N) is 1. The third kappa shape index (κ3) is 4.85. The van der Waals surface area contributed by atoms with Crippen LogP contribution in [0, 0.1) is 5.41 Å². The third-order valence-corrected chi connectivity index (χ3v) is 5.63. The Bertz CT molecular complexity index is 960. The standard InChI is InChI=1S/C22H21ClN2OS/c1-25(2)22(24)17-9-7-16(8-10-17)18-5-3-4-15(14-18)6-11-19(26)20-12-13-21(23)27-20/h3-5,7-10,12-14,24H,6,11H2,1-2H3. The van der Waals surface area contributed by atoms with Crippen LogP contribution in [0.5, 0.6) is 0 Å². The van der Waals surface area contributed by atoms with E-state index >= 15 is 0 Å². The van der Waals surface area contributed by atoms with Crippen molar-refractivity contribution >= 4 is 34.6 Å². The van der Waals surface area contributed by atoms with Crippen LogP contribution in [0.2, 0.25) is 4.34 Å². The Labute approximate surface area is 168 Å². The number of amidine groups is 1. The van der Waals surface area contributed by atoms with Crippen LogP contribution in [0.1, 0.15) is 27.2 Å². The number of Topliss-reactive ketones (excluding diaryl/α,β-unsaturated/α-hetero) is 1. The van der Waals surface area contributed by atoms with Gasteiger partial charge in [0.25, 0.3) is 0 Å². The summed E-state index contributed by atoms with van der Waals surface area (Å²) in [4.78, 5) is 14.8. The summed E-state index contributed by atoms with van der Waals surface area (Å²) in [5.41, 5.74) is 4.24. The Morgan fingerprint density at radius 1 is 1.04 bits per heavy atom. The van der Waals surface area contributed by atoms with E-state index in [4.69, 9.17) is 17.0 Å². The van der Waals surface area contributed by atoms with Gasteiger partial charge < -0.3 is 4.90 Å². The molecule has 1 heterocycles. The molecule has 0 aliphatic heterocycles. The number of hydrogen-bond acceptors (Lipinski definition) is 3. The summed E-state index contributed by atoms with van der Waals surface area (Å²) in [6.07, 6.45) is 1.17. The number of carbonyl (C=O) groups excluding carboxylic acids is 1. The van der Waals surface area contributed by atoms with Crippen LogP contribution in [0.4, 0.5) is 0 Å². The molecule has 1 N–H and O–H groups in total. The van der Waals surface area contributed by atoms with Crippen LogP contribution in [0.15, 0.2) is 60.7 Å². The lowest BCUT2D eigenvalue weighted by molar-refractivity contribution is 0.0986. The Hall–Kier alpha value is -2.43. The second-order valence-corrected chi connectivity index (χ2v) is 8.26. The van der Waals surface area contributed by atoms with Crippen molar-refractivity contribution in [2.75, 3.05) is 14.1 Å². The second kappa shape index (κ2) is 8.51. The fourth-order valence-corrected chi connectivity index (χ4v) is 3.84. The first-order chi connectivity index (χ1) is 12.9. The van der Waals surface area contributed by atoms with Gasteiger partial charge in [-0.3, -0.25) is 10.2 Å². The Balaban J connectivity index is 1.70. The molecule has 3 aromatic rings. The highest BCUT2D eigenvalue weighted by atomic mass is 35.5. The molecule has 27 heavy (non-hydrogen) atoms. The largest absolute Gasteiger partial charge is 0.363 e. The molecule has 5 heteroatoms. The number of nitrogens with zero attached hydrogens (tertiary/aromatic N) is 1. The van der Waals surface area contributed by atoms with E-state index in [0.29, 0.717) is 23.0 Å². The lowest BCUT2D eigenvalue weighted by Gasteiger charge is -2.14. The van der Waals surface area contributed by atoms with E-state index in [9.17, 15) is 4.79 Å². The summed E-state index contributed by atoms with van der Waals surface area (Å²) in [5, 5.41) is 8.05. The van der Waals surface area contributed by atoms with Crippen molar-refractivity contribution in [3.8, 4) is 11.1 Å². The molecule has 2 aromatic carbocycles. The fraction of sp³-hybridized carbons (Fsp3) is 0.182. The zero-order valence-corrected chi connectivity index (χ0v) is 16.9.